The Morgan fingerprint density at radius 1 is 0.893 bits per heavy atom. The molecule has 1 saturated heterocycles. The molecule has 1 aliphatic heterocycles. The van der Waals surface area contributed by atoms with Gasteiger partial charge in [0.05, 0.1) is 6.61 Å². The molecule has 0 aromatic heterocycles. The van der Waals surface area contributed by atoms with Crippen LogP contribution in [0.2, 0.25) is 0 Å². The summed E-state index contributed by atoms with van der Waals surface area (Å²) in [5.41, 5.74) is 3.49. The molecule has 0 spiro atoms. The Balaban J connectivity index is 1.87. The third-order valence-corrected chi connectivity index (χ3v) is 4.92. The first-order valence-corrected chi connectivity index (χ1v) is 9.15. The minimum atomic E-state index is -1.51. The minimum Gasteiger partial charge on any atom is -0.508 e. The SMILES string of the molecule is Cc1ccc(O)c(Cc2cc(C)ccc2OC2OC(CO)C(O)C(O)C2O)c1. The van der Waals surface area contributed by atoms with Gasteiger partial charge in [-0.25, -0.2) is 0 Å². The predicted molar refractivity (Wildman–Crippen MR) is 101 cm³/mol. The maximum atomic E-state index is 10.2. The van der Waals surface area contributed by atoms with E-state index in [9.17, 15) is 25.5 Å². The van der Waals surface area contributed by atoms with E-state index in [0.717, 1.165) is 22.3 Å². The van der Waals surface area contributed by atoms with Crippen LogP contribution >= 0.6 is 0 Å². The fourth-order valence-corrected chi connectivity index (χ4v) is 3.31. The summed E-state index contributed by atoms with van der Waals surface area (Å²) in [6.45, 7) is 3.34. The average Bonchev–Trinajstić information content (AvgIpc) is 2.67. The number of rotatable bonds is 5. The highest BCUT2D eigenvalue weighted by atomic mass is 16.7. The largest absolute Gasteiger partial charge is 0.508 e. The Labute approximate surface area is 163 Å². The number of aliphatic hydroxyl groups is 4. The molecular weight excluding hydrogens is 364 g/mol. The lowest BCUT2D eigenvalue weighted by Crippen LogP contribution is -2.60. The second-order valence-corrected chi connectivity index (χ2v) is 7.24. The summed E-state index contributed by atoms with van der Waals surface area (Å²) >= 11 is 0. The smallest absolute Gasteiger partial charge is 0.229 e. The van der Waals surface area contributed by atoms with Gasteiger partial charge in [-0.3, -0.25) is 0 Å². The van der Waals surface area contributed by atoms with E-state index in [-0.39, 0.29) is 5.75 Å². The molecular formula is C21H26O7. The van der Waals surface area contributed by atoms with Crippen LogP contribution in [-0.4, -0.2) is 62.8 Å². The lowest BCUT2D eigenvalue weighted by Gasteiger charge is -2.39. The van der Waals surface area contributed by atoms with Gasteiger partial charge in [-0.15, -0.1) is 0 Å². The van der Waals surface area contributed by atoms with E-state index in [1.54, 1.807) is 12.1 Å². The summed E-state index contributed by atoms with van der Waals surface area (Å²) in [6.07, 6.45) is -6.35. The van der Waals surface area contributed by atoms with Gasteiger partial charge in [-0.2, -0.15) is 0 Å². The van der Waals surface area contributed by atoms with Crippen LogP contribution in [-0.2, 0) is 11.2 Å². The first-order chi connectivity index (χ1) is 13.3. The van der Waals surface area contributed by atoms with E-state index in [1.807, 2.05) is 38.1 Å². The van der Waals surface area contributed by atoms with Crippen molar-refractivity contribution in [3.8, 4) is 11.5 Å². The Morgan fingerprint density at radius 2 is 1.54 bits per heavy atom. The van der Waals surface area contributed by atoms with Gasteiger partial charge in [0.15, 0.2) is 0 Å². The molecule has 2 aromatic carbocycles. The highest BCUT2D eigenvalue weighted by Gasteiger charge is 2.44. The Bertz CT molecular complexity index is 820. The van der Waals surface area contributed by atoms with E-state index in [1.165, 1.54) is 0 Å². The van der Waals surface area contributed by atoms with Crippen LogP contribution in [0.15, 0.2) is 36.4 Å². The number of phenols is 1. The minimum absolute atomic E-state index is 0.172. The van der Waals surface area contributed by atoms with Crippen LogP contribution in [0.1, 0.15) is 22.3 Å². The topological polar surface area (TPSA) is 120 Å². The van der Waals surface area contributed by atoms with Gasteiger partial charge < -0.3 is 35.0 Å². The number of hydrogen-bond acceptors (Lipinski definition) is 7. The molecule has 0 radical (unpaired) electrons. The van der Waals surface area contributed by atoms with Crippen LogP contribution < -0.4 is 4.74 Å². The van der Waals surface area contributed by atoms with Crippen LogP contribution in [0.25, 0.3) is 0 Å². The monoisotopic (exact) mass is 390 g/mol. The fraction of sp³-hybridized carbons (Fsp3) is 0.429. The second kappa shape index (κ2) is 8.46. The third-order valence-electron chi connectivity index (χ3n) is 4.92. The van der Waals surface area contributed by atoms with E-state index >= 15 is 0 Å². The van der Waals surface area contributed by atoms with Gasteiger partial charge in [0.1, 0.15) is 35.9 Å². The first-order valence-electron chi connectivity index (χ1n) is 9.15. The van der Waals surface area contributed by atoms with Gasteiger partial charge >= 0.3 is 0 Å². The third kappa shape index (κ3) is 4.29. The number of ether oxygens (including phenoxy) is 2. The van der Waals surface area contributed by atoms with Crippen LogP contribution in [0.3, 0.4) is 0 Å². The molecule has 2 aromatic rings. The molecule has 3 rings (SSSR count). The van der Waals surface area contributed by atoms with Crippen molar-refractivity contribution in [1.29, 1.82) is 0 Å². The summed E-state index contributed by atoms with van der Waals surface area (Å²) in [6, 6.07) is 10.8. The molecule has 1 heterocycles. The molecule has 5 atom stereocenters. The van der Waals surface area contributed by atoms with Gasteiger partial charge in [0, 0.05) is 6.42 Å². The Morgan fingerprint density at radius 3 is 2.21 bits per heavy atom. The van der Waals surface area contributed by atoms with E-state index < -0.39 is 37.3 Å². The van der Waals surface area contributed by atoms with Crippen LogP contribution in [0.4, 0.5) is 0 Å². The molecule has 0 amide bonds. The standard InChI is InChI=1S/C21H26O7/c1-11-3-5-15(23)13(7-11)9-14-8-12(2)4-6-16(14)27-21-20(26)19(25)18(24)17(10-22)28-21/h3-8,17-26H,9-10H2,1-2H3. The molecule has 5 N–H and O–H groups in total. The number of phenolic OH excluding ortho intramolecular Hbond substituents is 1. The molecule has 7 nitrogen and oxygen atoms in total. The van der Waals surface area contributed by atoms with Gasteiger partial charge in [-0.1, -0.05) is 35.4 Å². The van der Waals surface area contributed by atoms with Crippen molar-refractivity contribution in [3.05, 3.63) is 58.7 Å². The molecule has 7 heteroatoms. The van der Waals surface area contributed by atoms with Gasteiger partial charge in [0.25, 0.3) is 0 Å². The van der Waals surface area contributed by atoms with Crippen molar-refractivity contribution >= 4 is 0 Å². The normalized spacial score (nSPS) is 27.6. The number of benzene rings is 2. The first kappa shape index (κ1) is 20.6. The van der Waals surface area contributed by atoms with Crippen LogP contribution in [0.5, 0.6) is 11.5 Å². The number of aliphatic hydroxyl groups excluding tert-OH is 4. The molecule has 152 valence electrons. The maximum absolute atomic E-state index is 10.2. The van der Waals surface area contributed by atoms with E-state index in [2.05, 4.69) is 0 Å². The fourth-order valence-electron chi connectivity index (χ4n) is 3.31. The number of hydrogen-bond donors (Lipinski definition) is 5. The zero-order chi connectivity index (χ0) is 20.4. The van der Waals surface area contributed by atoms with Gasteiger partial charge in [0.2, 0.25) is 6.29 Å². The van der Waals surface area contributed by atoms with Gasteiger partial charge in [-0.05, 0) is 37.1 Å². The quantitative estimate of drug-likeness (QED) is 0.512. The number of aryl methyl sites for hydroxylation is 2. The lowest BCUT2D eigenvalue weighted by molar-refractivity contribution is -0.277. The summed E-state index contributed by atoms with van der Waals surface area (Å²) in [5, 5.41) is 49.6. The summed E-state index contributed by atoms with van der Waals surface area (Å²) in [4.78, 5) is 0. The summed E-state index contributed by atoms with van der Waals surface area (Å²) in [5.74, 6) is 0.585. The summed E-state index contributed by atoms with van der Waals surface area (Å²) < 4.78 is 11.2. The highest BCUT2D eigenvalue weighted by Crippen LogP contribution is 2.30. The molecule has 5 unspecified atom stereocenters. The van der Waals surface area contributed by atoms with E-state index in [0.29, 0.717) is 12.2 Å². The van der Waals surface area contributed by atoms with Crippen molar-refractivity contribution in [2.75, 3.05) is 6.61 Å². The second-order valence-electron chi connectivity index (χ2n) is 7.24. The van der Waals surface area contributed by atoms with Crippen molar-refractivity contribution in [3.63, 3.8) is 0 Å². The molecule has 28 heavy (non-hydrogen) atoms. The Hall–Kier alpha value is -2.16. The maximum Gasteiger partial charge on any atom is 0.229 e. The zero-order valence-electron chi connectivity index (χ0n) is 15.8. The van der Waals surface area contributed by atoms with Crippen molar-refractivity contribution in [2.45, 2.75) is 51.0 Å². The molecule has 0 saturated carbocycles. The van der Waals surface area contributed by atoms with E-state index in [4.69, 9.17) is 9.47 Å². The summed E-state index contributed by atoms with van der Waals surface area (Å²) in [7, 11) is 0. The predicted octanol–water partition coefficient (Wildman–Crippen LogP) is 0.779. The number of aromatic hydroxyl groups is 1. The molecule has 1 aliphatic rings. The van der Waals surface area contributed by atoms with Crippen molar-refractivity contribution < 1.29 is 35.0 Å². The zero-order valence-corrected chi connectivity index (χ0v) is 15.8. The molecule has 1 fully saturated rings. The Kier molecular flexibility index (Phi) is 6.22. The van der Waals surface area contributed by atoms with Crippen molar-refractivity contribution in [2.24, 2.45) is 0 Å². The molecule has 0 bridgehead atoms. The highest BCUT2D eigenvalue weighted by molar-refractivity contribution is 5.45. The van der Waals surface area contributed by atoms with Crippen molar-refractivity contribution in [1.82, 2.24) is 0 Å². The van der Waals surface area contributed by atoms with Crippen LogP contribution in [0, 0.1) is 13.8 Å². The molecule has 0 aliphatic carbocycles. The average molecular weight is 390 g/mol. The lowest BCUT2D eigenvalue weighted by atomic mass is 9.98.